The Morgan fingerprint density at radius 1 is 0.568 bits per heavy atom. The molecule has 6 N–H and O–H groups in total. The largest absolute Gasteiger partial charge is 0.490 e. The average Bonchev–Trinajstić information content (AvgIpc) is 3.42. The number of nitrogens with one attached hydrogen (secondary N) is 2. The van der Waals surface area contributed by atoms with Gasteiger partial charge in [-0.05, 0) is 56.3 Å². The molecule has 22 heteroatoms. The first-order valence-corrected chi connectivity index (χ1v) is 23.5. The maximum atomic E-state index is 15.4. The lowest BCUT2D eigenvalue weighted by Crippen LogP contribution is -2.38. The molecule has 9 heterocycles. The maximum Gasteiger partial charge on any atom is 0.490 e. The third-order valence-electron chi connectivity index (χ3n) is 12.5. The monoisotopic (exact) mass is 1000 g/mol. The SMILES string of the molecule is Cc1c(-c2ccccn2)nc2cc(F)cc(F)c2c1Nc1cc(-c2ccnc(N)n2)cnc1N1CCOCC1.Cc1c(-c2ccccn2)nc2cc(F)cc(F)c2c1Nc1cc(B(O)O)cnc1N1CCOCC1. The lowest BCUT2D eigenvalue weighted by molar-refractivity contribution is 0.122. The summed E-state index contributed by atoms with van der Waals surface area (Å²) >= 11 is 0. The van der Waals surface area contributed by atoms with Crippen LogP contribution in [0.4, 0.5) is 57.9 Å². The molecule has 374 valence electrons. The molecule has 0 unspecified atom stereocenters. The van der Waals surface area contributed by atoms with Crippen LogP contribution >= 0.6 is 0 Å². The fraction of sp³-hybridized carbons (Fsp3) is 0.192. The van der Waals surface area contributed by atoms with Crippen LogP contribution in [0.25, 0.3) is 55.8 Å². The van der Waals surface area contributed by atoms with Crippen molar-refractivity contribution in [3.05, 3.63) is 144 Å². The van der Waals surface area contributed by atoms with Crippen LogP contribution in [0.2, 0.25) is 0 Å². The topological polar surface area (TPSA) is 219 Å². The van der Waals surface area contributed by atoms with Gasteiger partial charge in [0.05, 0.1) is 99.5 Å². The number of hydrogen-bond donors (Lipinski definition) is 5. The fourth-order valence-corrected chi connectivity index (χ4v) is 8.88. The molecular weight excluding hydrogens is 957 g/mol. The van der Waals surface area contributed by atoms with Crippen molar-refractivity contribution in [1.82, 2.24) is 39.9 Å². The molecule has 2 fully saturated rings. The minimum Gasteiger partial charge on any atom is -0.423 e. The number of nitrogen functional groups attached to an aromatic ring is 1. The van der Waals surface area contributed by atoms with E-state index in [1.165, 1.54) is 18.3 Å². The molecule has 0 amide bonds. The summed E-state index contributed by atoms with van der Waals surface area (Å²) < 4.78 is 69.9. The molecule has 0 bridgehead atoms. The molecule has 11 rings (SSSR count). The number of pyridine rings is 6. The van der Waals surface area contributed by atoms with E-state index in [2.05, 4.69) is 50.4 Å². The van der Waals surface area contributed by atoms with E-state index in [0.29, 0.717) is 132 Å². The molecule has 74 heavy (non-hydrogen) atoms. The average molecular weight is 1000 g/mol. The number of anilines is 7. The number of aromatic nitrogens is 8. The van der Waals surface area contributed by atoms with Crippen molar-refractivity contribution < 1.29 is 37.1 Å². The van der Waals surface area contributed by atoms with E-state index in [1.807, 2.05) is 24.0 Å². The van der Waals surface area contributed by atoms with Crippen molar-refractivity contribution in [2.24, 2.45) is 0 Å². The zero-order chi connectivity index (χ0) is 51.5. The second-order valence-corrected chi connectivity index (χ2v) is 17.3. The number of nitrogens with two attached hydrogens (primary N) is 1. The van der Waals surface area contributed by atoms with Gasteiger partial charge in [0.2, 0.25) is 5.95 Å². The Morgan fingerprint density at radius 3 is 1.54 bits per heavy atom. The lowest BCUT2D eigenvalue weighted by Gasteiger charge is -2.30. The number of morpholine rings is 2. The number of rotatable bonds is 10. The first-order chi connectivity index (χ1) is 35.9. The summed E-state index contributed by atoms with van der Waals surface area (Å²) in [5, 5.41) is 26.4. The van der Waals surface area contributed by atoms with Crippen molar-refractivity contribution in [2.45, 2.75) is 13.8 Å². The van der Waals surface area contributed by atoms with Crippen molar-refractivity contribution in [1.29, 1.82) is 0 Å². The van der Waals surface area contributed by atoms with Gasteiger partial charge < -0.3 is 45.7 Å². The van der Waals surface area contributed by atoms with Gasteiger partial charge in [0.25, 0.3) is 0 Å². The van der Waals surface area contributed by atoms with E-state index in [0.717, 1.165) is 12.1 Å². The summed E-state index contributed by atoms with van der Waals surface area (Å²) in [6, 6.07) is 20.0. The summed E-state index contributed by atoms with van der Waals surface area (Å²) in [6.07, 6.45) is 7.94. The first kappa shape index (κ1) is 49.2. The molecule has 0 spiro atoms. The van der Waals surface area contributed by atoms with E-state index in [9.17, 15) is 18.8 Å². The van der Waals surface area contributed by atoms with E-state index in [-0.39, 0.29) is 33.2 Å². The summed E-state index contributed by atoms with van der Waals surface area (Å²) in [5.41, 5.74) is 12.7. The van der Waals surface area contributed by atoms with Crippen LogP contribution < -0.4 is 31.6 Å². The fourth-order valence-electron chi connectivity index (χ4n) is 8.88. The lowest BCUT2D eigenvalue weighted by atomic mass is 9.81. The Bertz CT molecular complexity index is 3520. The second-order valence-electron chi connectivity index (χ2n) is 17.3. The Morgan fingerprint density at radius 2 is 1.07 bits per heavy atom. The van der Waals surface area contributed by atoms with E-state index in [4.69, 9.17) is 20.2 Å². The van der Waals surface area contributed by atoms with Gasteiger partial charge >= 0.3 is 7.12 Å². The van der Waals surface area contributed by atoms with Gasteiger partial charge in [-0.2, -0.15) is 0 Å². The van der Waals surface area contributed by atoms with E-state index in [1.54, 1.807) is 74.2 Å². The zero-order valence-corrected chi connectivity index (χ0v) is 39.9. The van der Waals surface area contributed by atoms with E-state index >= 15 is 8.78 Å². The zero-order valence-electron chi connectivity index (χ0n) is 39.9. The molecule has 2 saturated heterocycles. The van der Waals surface area contributed by atoms with Crippen LogP contribution in [-0.4, -0.2) is 110 Å². The van der Waals surface area contributed by atoms with Crippen molar-refractivity contribution in [2.75, 3.05) is 78.8 Å². The molecule has 7 aromatic heterocycles. The van der Waals surface area contributed by atoms with Crippen molar-refractivity contribution in [3.8, 4) is 34.0 Å². The number of benzene rings is 2. The highest BCUT2D eigenvalue weighted by atomic mass is 19.1. The first-order valence-electron chi connectivity index (χ1n) is 23.5. The maximum absolute atomic E-state index is 15.4. The molecule has 0 atom stereocenters. The molecule has 2 aliphatic rings. The summed E-state index contributed by atoms with van der Waals surface area (Å²) in [6.45, 7) is 8.18. The van der Waals surface area contributed by atoms with Gasteiger partial charge in [-0.3, -0.25) is 9.97 Å². The summed E-state index contributed by atoms with van der Waals surface area (Å²) in [5.74, 6) is -1.61. The van der Waals surface area contributed by atoms with E-state index < -0.39 is 30.4 Å². The predicted octanol–water partition coefficient (Wildman–Crippen LogP) is 7.44. The Kier molecular flexibility index (Phi) is 14.2. The van der Waals surface area contributed by atoms with Crippen LogP contribution in [0.15, 0.2) is 110 Å². The molecule has 17 nitrogen and oxygen atoms in total. The minimum atomic E-state index is -1.74. The molecular formula is C52H46BF4N13O4. The van der Waals surface area contributed by atoms with Crippen LogP contribution in [-0.2, 0) is 9.47 Å². The van der Waals surface area contributed by atoms with Gasteiger partial charge in [0.1, 0.15) is 23.3 Å². The Labute approximate surface area is 421 Å². The summed E-state index contributed by atoms with van der Waals surface area (Å²) in [4.78, 5) is 39.5. The van der Waals surface area contributed by atoms with Gasteiger partial charge in [-0.15, -0.1) is 0 Å². The van der Waals surface area contributed by atoms with Gasteiger partial charge in [0.15, 0.2) is 11.6 Å². The standard InChI is InChI=1S/C28H24F2N8O.C24H22BF2N5O3/c1-16-25(21-4-2-3-6-32-21)35-22-14-18(29)13-19(30)24(22)26(16)36-23-12-17(20-5-7-33-28(31)37-20)15-34-27(23)38-8-10-39-11-9-38;1-14-22(18-4-2-3-5-28-18)30-19-12-16(26)11-17(27)21(19)23(14)31-20-10-15(25(33)34)13-29-24(20)32-6-8-35-9-7-32/h2-7,12-15H,8-11H2,1H3,(H,35,36)(H2,31,33,37);2-5,10-13,33-34H,6-9H2,1H3,(H,30,31). The molecule has 2 aromatic carbocycles. The third kappa shape index (κ3) is 10.3. The highest BCUT2D eigenvalue weighted by Gasteiger charge is 2.26. The number of fused-ring (bicyclic) bond motifs is 2. The smallest absolute Gasteiger partial charge is 0.423 e. The van der Waals surface area contributed by atoms with Gasteiger partial charge in [0, 0.05) is 104 Å². The molecule has 0 aliphatic carbocycles. The number of ether oxygens (including phenoxy) is 2. The molecule has 9 aromatic rings. The second kappa shape index (κ2) is 21.3. The number of halogens is 4. The quantitative estimate of drug-likeness (QED) is 0.0664. The minimum absolute atomic E-state index is 0.103. The van der Waals surface area contributed by atoms with Crippen LogP contribution in [0.5, 0.6) is 0 Å². The van der Waals surface area contributed by atoms with Crippen LogP contribution in [0, 0.1) is 37.1 Å². The van der Waals surface area contributed by atoms with Gasteiger partial charge in [-0.25, -0.2) is 47.5 Å². The molecule has 0 radical (unpaired) electrons. The van der Waals surface area contributed by atoms with Crippen molar-refractivity contribution >= 4 is 74.7 Å². The highest BCUT2D eigenvalue weighted by molar-refractivity contribution is 6.58. The normalized spacial score (nSPS) is 13.7. The predicted molar refractivity (Wildman–Crippen MR) is 276 cm³/mol. The Hall–Kier alpha value is -8.44. The third-order valence-corrected chi connectivity index (χ3v) is 12.5. The summed E-state index contributed by atoms with van der Waals surface area (Å²) in [7, 11) is -1.74. The molecule has 2 aliphatic heterocycles. The Balaban J connectivity index is 0.000000170. The van der Waals surface area contributed by atoms with Crippen molar-refractivity contribution in [3.63, 3.8) is 0 Å². The van der Waals surface area contributed by atoms with Crippen LogP contribution in [0.1, 0.15) is 11.1 Å². The number of hydrogen-bond acceptors (Lipinski definition) is 17. The van der Waals surface area contributed by atoms with Crippen LogP contribution in [0.3, 0.4) is 0 Å². The van der Waals surface area contributed by atoms with Gasteiger partial charge in [-0.1, -0.05) is 12.1 Å². The number of nitrogens with zero attached hydrogens (tertiary/aromatic N) is 10. The highest BCUT2D eigenvalue weighted by Crippen LogP contribution is 2.41. The molecule has 0 saturated carbocycles.